The summed E-state index contributed by atoms with van der Waals surface area (Å²) in [4.78, 5) is 0. The molecule has 0 aliphatic carbocycles. The molecule has 0 radical (unpaired) electrons. The van der Waals surface area contributed by atoms with Gasteiger partial charge in [-0.05, 0) is 31.2 Å². The van der Waals surface area contributed by atoms with E-state index in [2.05, 4.69) is 12.2 Å². The highest BCUT2D eigenvalue weighted by Gasteiger charge is 2.18. The first kappa shape index (κ1) is 16.0. The Morgan fingerprint density at radius 1 is 1.05 bits per heavy atom. The fraction of sp³-hybridized carbons (Fsp3) is 0.286. The van der Waals surface area contributed by atoms with Crippen molar-refractivity contribution in [3.8, 4) is 11.3 Å². The Labute approximate surface area is 138 Å². The fourth-order valence-electron chi connectivity index (χ4n) is 1.79. The van der Waals surface area contributed by atoms with Gasteiger partial charge in [0.1, 0.15) is 11.5 Å². The van der Waals surface area contributed by atoms with Crippen LogP contribution >= 0.6 is 46.4 Å². The molecule has 6 heteroatoms. The van der Waals surface area contributed by atoms with Crippen LogP contribution in [0.15, 0.2) is 22.6 Å². The number of halogens is 4. The second-order valence-corrected chi connectivity index (χ2v) is 5.86. The first-order chi connectivity index (χ1) is 9.54. The van der Waals surface area contributed by atoms with Crippen LogP contribution in [0.2, 0.25) is 20.1 Å². The molecule has 1 aromatic carbocycles. The van der Waals surface area contributed by atoms with Gasteiger partial charge in [0.05, 0.1) is 32.2 Å². The van der Waals surface area contributed by atoms with Gasteiger partial charge in [0.2, 0.25) is 0 Å². The summed E-state index contributed by atoms with van der Waals surface area (Å²) in [5.41, 5.74) is 0.521. The van der Waals surface area contributed by atoms with Gasteiger partial charge in [-0.1, -0.05) is 53.3 Å². The first-order valence-electron chi connectivity index (χ1n) is 6.17. The molecular formula is C14H13Cl4NO. The summed E-state index contributed by atoms with van der Waals surface area (Å²) in [7, 11) is 0. The summed E-state index contributed by atoms with van der Waals surface area (Å²) < 4.78 is 5.74. The van der Waals surface area contributed by atoms with Crippen LogP contribution in [0, 0.1) is 0 Å². The predicted octanol–water partition coefficient (Wildman–Crippen LogP) is 6.06. The minimum absolute atomic E-state index is 0.337. The van der Waals surface area contributed by atoms with E-state index in [1.54, 1.807) is 0 Å². The molecule has 2 rings (SSSR count). The molecule has 20 heavy (non-hydrogen) atoms. The molecule has 1 N–H and O–H groups in total. The number of rotatable bonds is 5. The second kappa shape index (κ2) is 7.06. The van der Waals surface area contributed by atoms with Gasteiger partial charge in [0.15, 0.2) is 0 Å². The zero-order valence-electron chi connectivity index (χ0n) is 10.8. The summed E-state index contributed by atoms with van der Waals surface area (Å²) in [6.07, 6.45) is 1.06. The monoisotopic (exact) mass is 351 g/mol. The highest BCUT2D eigenvalue weighted by molar-refractivity contribution is 6.50. The number of hydrogen-bond donors (Lipinski definition) is 1. The lowest BCUT2D eigenvalue weighted by atomic mass is 10.1. The van der Waals surface area contributed by atoms with E-state index in [4.69, 9.17) is 50.8 Å². The molecule has 0 unspecified atom stereocenters. The fourth-order valence-corrected chi connectivity index (χ4v) is 2.78. The van der Waals surface area contributed by atoms with Crippen molar-refractivity contribution in [1.29, 1.82) is 0 Å². The molecule has 0 fully saturated rings. The van der Waals surface area contributed by atoms with Crippen molar-refractivity contribution in [2.45, 2.75) is 19.9 Å². The molecule has 2 nitrogen and oxygen atoms in total. The van der Waals surface area contributed by atoms with Crippen LogP contribution in [0.1, 0.15) is 19.1 Å². The zero-order chi connectivity index (χ0) is 14.7. The van der Waals surface area contributed by atoms with Gasteiger partial charge in [-0.25, -0.2) is 0 Å². The van der Waals surface area contributed by atoms with Crippen molar-refractivity contribution in [2.24, 2.45) is 0 Å². The van der Waals surface area contributed by atoms with Gasteiger partial charge in [-0.2, -0.15) is 0 Å². The molecule has 1 heterocycles. The van der Waals surface area contributed by atoms with E-state index >= 15 is 0 Å². The Morgan fingerprint density at radius 3 is 2.30 bits per heavy atom. The smallest absolute Gasteiger partial charge is 0.137 e. The van der Waals surface area contributed by atoms with Crippen LogP contribution in [0.5, 0.6) is 0 Å². The molecular weight excluding hydrogens is 340 g/mol. The van der Waals surface area contributed by atoms with E-state index in [9.17, 15) is 0 Å². The topological polar surface area (TPSA) is 25.2 Å². The van der Waals surface area contributed by atoms with Gasteiger partial charge in [0, 0.05) is 0 Å². The maximum Gasteiger partial charge on any atom is 0.137 e. The molecule has 0 atom stereocenters. The lowest BCUT2D eigenvalue weighted by Gasteiger charge is -2.08. The van der Waals surface area contributed by atoms with Gasteiger partial charge >= 0.3 is 0 Å². The molecule has 0 amide bonds. The molecule has 0 saturated carbocycles. The van der Waals surface area contributed by atoms with E-state index in [0.29, 0.717) is 38.0 Å². The summed E-state index contributed by atoms with van der Waals surface area (Å²) >= 11 is 24.4. The van der Waals surface area contributed by atoms with Crippen LogP contribution in [0.4, 0.5) is 0 Å². The van der Waals surface area contributed by atoms with Crippen molar-refractivity contribution in [3.63, 3.8) is 0 Å². The maximum atomic E-state index is 6.19. The summed E-state index contributed by atoms with van der Waals surface area (Å²) in [6.45, 7) is 3.69. The molecule has 2 aromatic rings. The Balaban J connectivity index is 2.33. The van der Waals surface area contributed by atoms with Crippen LogP contribution in [-0.4, -0.2) is 6.54 Å². The zero-order valence-corrected chi connectivity index (χ0v) is 13.8. The highest BCUT2D eigenvalue weighted by atomic mass is 35.5. The van der Waals surface area contributed by atoms with E-state index < -0.39 is 0 Å². The Kier molecular flexibility index (Phi) is 5.65. The van der Waals surface area contributed by atoms with Gasteiger partial charge in [0.25, 0.3) is 0 Å². The average molecular weight is 353 g/mol. The number of furan rings is 1. The minimum Gasteiger partial charge on any atom is -0.460 e. The van der Waals surface area contributed by atoms with Crippen molar-refractivity contribution in [1.82, 2.24) is 5.32 Å². The van der Waals surface area contributed by atoms with E-state index in [0.717, 1.165) is 18.7 Å². The lowest BCUT2D eigenvalue weighted by molar-refractivity contribution is 0.493. The van der Waals surface area contributed by atoms with Crippen LogP contribution < -0.4 is 5.32 Å². The molecule has 108 valence electrons. The Hall–Kier alpha value is -0.380. The number of benzene rings is 1. The lowest BCUT2D eigenvalue weighted by Crippen LogP contribution is -2.12. The van der Waals surface area contributed by atoms with E-state index in [-0.39, 0.29) is 0 Å². The van der Waals surface area contributed by atoms with Crippen molar-refractivity contribution in [2.75, 3.05) is 6.54 Å². The average Bonchev–Trinajstić information content (AvgIpc) is 2.86. The van der Waals surface area contributed by atoms with E-state index in [1.165, 1.54) is 6.07 Å². The number of hydrogen-bond acceptors (Lipinski definition) is 2. The third-order valence-electron chi connectivity index (χ3n) is 2.75. The molecule has 0 spiro atoms. The predicted molar refractivity (Wildman–Crippen MR) is 86.2 cm³/mol. The Morgan fingerprint density at radius 2 is 1.70 bits per heavy atom. The highest BCUT2D eigenvalue weighted by Crippen LogP contribution is 2.43. The molecule has 0 saturated heterocycles. The van der Waals surface area contributed by atoms with E-state index in [1.807, 2.05) is 12.1 Å². The quantitative estimate of drug-likeness (QED) is 0.522. The normalized spacial score (nSPS) is 11.1. The third kappa shape index (κ3) is 3.44. The first-order valence-corrected chi connectivity index (χ1v) is 7.68. The van der Waals surface area contributed by atoms with Crippen molar-refractivity contribution < 1.29 is 4.42 Å². The summed E-state index contributed by atoms with van der Waals surface area (Å²) in [5.74, 6) is 1.36. The molecule has 1 aromatic heterocycles. The SMILES string of the molecule is CCCNCc1ccc(-c2c(Cl)c(Cl)cc(Cl)c2Cl)o1. The van der Waals surface area contributed by atoms with Crippen LogP contribution in [0.3, 0.4) is 0 Å². The van der Waals surface area contributed by atoms with Gasteiger partial charge in [-0.3, -0.25) is 0 Å². The van der Waals surface area contributed by atoms with Gasteiger partial charge < -0.3 is 9.73 Å². The Bertz CT molecular complexity index is 583. The maximum absolute atomic E-state index is 6.19. The minimum atomic E-state index is 0.337. The summed E-state index contributed by atoms with van der Waals surface area (Å²) in [6, 6.07) is 5.20. The van der Waals surface area contributed by atoms with Crippen LogP contribution in [-0.2, 0) is 6.54 Å². The van der Waals surface area contributed by atoms with Gasteiger partial charge in [-0.15, -0.1) is 0 Å². The largest absolute Gasteiger partial charge is 0.460 e. The van der Waals surface area contributed by atoms with Crippen molar-refractivity contribution in [3.05, 3.63) is 44.0 Å². The molecule has 0 aliphatic heterocycles. The summed E-state index contributed by atoms with van der Waals surface area (Å²) in [5, 5.41) is 4.62. The van der Waals surface area contributed by atoms with Crippen LogP contribution in [0.25, 0.3) is 11.3 Å². The number of nitrogens with one attached hydrogen (secondary N) is 1. The standard InChI is InChI=1S/C14H13Cl4NO/c1-2-5-19-7-8-3-4-11(20-8)12-13(17)9(15)6-10(16)14(12)18/h3-4,6,19H,2,5,7H2,1H3. The second-order valence-electron chi connectivity index (χ2n) is 4.29. The van der Waals surface area contributed by atoms with Crippen molar-refractivity contribution >= 4 is 46.4 Å². The molecule has 0 bridgehead atoms. The third-order valence-corrected chi connectivity index (χ3v) is 4.32. The molecule has 0 aliphatic rings.